The number of ether oxygens (including phenoxy) is 1. The van der Waals surface area contributed by atoms with Crippen LogP contribution in [0, 0.1) is 0 Å². The maximum Gasteiger partial charge on any atom is 0.232 e. The summed E-state index contributed by atoms with van der Waals surface area (Å²) in [5, 5.41) is 3.11. The number of nitrogens with one attached hydrogen (secondary N) is 1. The molecule has 1 amide bonds. The van der Waals surface area contributed by atoms with E-state index >= 15 is 0 Å². The third kappa shape index (κ3) is 4.43. The lowest BCUT2D eigenvalue weighted by atomic mass is 9.90. The van der Waals surface area contributed by atoms with E-state index in [1.54, 1.807) is 0 Å². The van der Waals surface area contributed by atoms with Gasteiger partial charge in [-0.15, -0.1) is 0 Å². The molecule has 126 valence electrons. The highest BCUT2D eigenvalue weighted by atomic mass is 16.5. The lowest BCUT2D eigenvalue weighted by Gasteiger charge is -2.27. The Balaban J connectivity index is 1.65. The van der Waals surface area contributed by atoms with E-state index in [4.69, 9.17) is 4.74 Å². The van der Waals surface area contributed by atoms with Crippen LogP contribution in [0.4, 0.5) is 0 Å². The maximum atomic E-state index is 12.8. The number of carbonyl (C=O) groups excluding carboxylic acids is 1. The van der Waals surface area contributed by atoms with Crippen molar-refractivity contribution >= 4 is 5.91 Å². The average Bonchev–Trinajstić information content (AvgIpc) is 2.65. The van der Waals surface area contributed by atoms with Gasteiger partial charge in [0.2, 0.25) is 5.91 Å². The highest BCUT2D eigenvalue weighted by Crippen LogP contribution is 2.24. The second kappa shape index (κ2) is 8.62. The van der Waals surface area contributed by atoms with Crippen molar-refractivity contribution in [3.8, 4) is 0 Å². The van der Waals surface area contributed by atoms with Crippen LogP contribution in [0.2, 0.25) is 0 Å². The number of hydrogen-bond donors (Lipinski definition) is 1. The van der Waals surface area contributed by atoms with E-state index in [0.29, 0.717) is 6.54 Å². The van der Waals surface area contributed by atoms with Gasteiger partial charge in [-0.1, -0.05) is 60.7 Å². The molecular formula is C20H24N2O2. The van der Waals surface area contributed by atoms with Gasteiger partial charge in [0, 0.05) is 26.2 Å². The van der Waals surface area contributed by atoms with Crippen LogP contribution in [0.5, 0.6) is 0 Å². The highest BCUT2D eigenvalue weighted by molar-refractivity contribution is 5.87. The first-order chi connectivity index (χ1) is 11.8. The molecule has 1 heterocycles. The van der Waals surface area contributed by atoms with Gasteiger partial charge in [0.1, 0.15) is 0 Å². The molecule has 1 fully saturated rings. The topological polar surface area (TPSA) is 41.6 Å². The molecule has 2 aromatic rings. The molecule has 4 nitrogen and oxygen atoms in total. The Morgan fingerprint density at radius 3 is 2.04 bits per heavy atom. The van der Waals surface area contributed by atoms with E-state index in [9.17, 15) is 4.79 Å². The van der Waals surface area contributed by atoms with E-state index in [0.717, 1.165) is 44.0 Å². The Labute approximate surface area is 143 Å². The van der Waals surface area contributed by atoms with Crippen molar-refractivity contribution in [2.75, 3.05) is 39.4 Å². The monoisotopic (exact) mass is 324 g/mol. The quantitative estimate of drug-likeness (QED) is 0.886. The molecule has 1 aliphatic rings. The first-order valence-corrected chi connectivity index (χ1v) is 8.52. The third-order valence-corrected chi connectivity index (χ3v) is 4.36. The Kier molecular flexibility index (Phi) is 5.99. The van der Waals surface area contributed by atoms with E-state index in [1.165, 1.54) is 0 Å². The van der Waals surface area contributed by atoms with Gasteiger partial charge in [0.05, 0.1) is 19.1 Å². The summed E-state index contributed by atoms with van der Waals surface area (Å²) < 4.78 is 5.35. The largest absolute Gasteiger partial charge is 0.379 e. The zero-order valence-corrected chi connectivity index (χ0v) is 13.9. The molecule has 0 spiro atoms. The van der Waals surface area contributed by atoms with Crippen LogP contribution in [0.1, 0.15) is 17.0 Å². The van der Waals surface area contributed by atoms with E-state index in [2.05, 4.69) is 10.2 Å². The molecule has 1 N–H and O–H groups in total. The number of amides is 1. The second-order valence-electron chi connectivity index (χ2n) is 6.00. The number of hydrogen-bond acceptors (Lipinski definition) is 3. The van der Waals surface area contributed by atoms with Crippen LogP contribution in [-0.2, 0) is 9.53 Å². The van der Waals surface area contributed by atoms with Crippen molar-refractivity contribution in [3.05, 3.63) is 71.8 Å². The summed E-state index contributed by atoms with van der Waals surface area (Å²) in [5.74, 6) is -0.210. The Bertz CT molecular complexity index is 585. The minimum Gasteiger partial charge on any atom is -0.379 e. The lowest BCUT2D eigenvalue weighted by Crippen LogP contribution is -2.42. The SMILES string of the molecule is O=C(NCCN1CCOCC1)C(c1ccccc1)c1ccccc1. The second-order valence-corrected chi connectivity index (χ2v) is 6.00. The summed E-state index contributed by atoms with van der Waals surface area (Å²) in [7, 11) is 0. The molecule has 0 unspecified atom stereocenters. The van der Waals surface area contributed by atoms with Gasteiger partial charge in [-0.3, -0.25) is 9.69 Å². The predicted octanol–water partition coefficient (Wildman–Crippen LogP) is 2.27. The number of benzene rings is 2. The van der Waals surface area contributed by atoms with Crippen LogP contribution < -0.4 is 5.32 Å². The van der Waals surface area contributed by atoms with Gasteiger partial charge in [-0.2, -0.15) is 0 Å². The van der Waals surface area contributed by atoms with Gasteiger partial charge < -0.3 is 10.1 Å². The van der Waals surface area contributed by atoms with Crippen LogP contribution in [0.15, 0.2) is 60.7 Å². The van der Waals surface area contributed by atoms with Gasteiger partial charge in [0.25, 0.3) is 0 Å². The fourth-order valence-electron chi connectivity index (χ4n) is 3.05. The fourth-order valence-corrected chi connectivity index (χ4v) is 3.05. The van der Waals surface area contributed by atoms with Crippen molar-refractivity contribution < 1.29 is 9.53 Å². The molecule has 0 saturated carbocycles. The average molecular weight is 324 g/mol. The minimum absolute atomic E-state index is 0.0562. The molecule has 0 aliphatic carbocycles. The Hall–Kier alpha value is -2.17. The molecule has 24 heavy (non-hydrogen) atoms. The summed E-state index contributed by atoms with van der Waals surface area (Å²) in [5.41, 5.74) is 2.04. The van der Waals surface area contributed by atoms with E-state index < -0.39 is 0 Å². The van der Waals surface area contributed by atoms with Crippen molar-refractivity contribution in [1.82, 2.24) is 10.2 Å². The van der Waals surface area contributed by atoms with Crippen molar-refractivity contribution in [3.63, 3.8) is 0 Å². The van der Waals surface area contributed by atoms with Gasteiger partial charge >= 0.3 is 0 Å². The molecule has 0 atom stereocenters. The molecule has 0 bridgehead atoms. The maximum absolute atomic E-state index is 12.8. The molecule has 2 aromatic carbocycles. The number of morpholine rings is 1. The smallest absolute Gasteiger partial charge is 0.232 e. The zero-order chi connectivity index (χ0) is 16.6. The predicted molar refractivity (Wildman–Crippen MR) is 95.0 cm³/mol. The first kappa shape index (κ1) is 16.7. The molecule has 3 rings (SSSR count). The number of nitrogens with zero attached hydrogens (tertiary/aromatic N) is 1. The Morgan fingerprint density at radius 2 is 1.50 bits per heavy atom. The summed E-state index contributed by atoms with van der Waals surface area (Å²) in [6.07, 6.45) is 0. The lowest BCUT2D eigenvalue weighted by molar-refractivity contribution is -0.121. The standard InChI is InChI=1S/C20H24N2O2/c23-20(21-11-12-22-13-15-24-16-14-22)19(17-7-3-1-4-8-17)18-9-5-2-6-10-18/h1-10,19H,11-16H2,(H,21,23). The van der Waals surface area contributed by atoms with Crippen LogP contribution in [0.25, 0.3) is 0 Å². The van der Waals surface area contributed by atoms with Crippen LogP contribution in [0.3, 0.4) is 0 Å². The minimum atomic E-state index is -0.267. The molecule has 0 radical (unpaired) electrons. The van der Waals surface area contributed by atoms with Gasteiger partial charge in [0.15, 0.2) is 0 Å². The van der Waals surface area contributed by atoms with Crippen molar-refractivity contribution in [2.24, 2.45) is 0 Å². The summed E-state index contributed by atoms with van der Waals surface area (Å²) >= 11 is 0. The fraction of sp³-hybridized carbons (Fsp3) is 0.350. The molecule has 1 saturated heterocycles. The normalized spacial score (nSPS) is 15.4. The first-order valence-electron chi connectivity index (χ1n) is 8.52. The summed E-state index contributed by atoms with van der Waals surface area (Å²) in [6.45, 7) is 4.98. The van der Waals surface area contributed by atoms with Crippen molar-refractivity contribution in [1.29, 1.82) is 0 Å². The Morgan fingerprint density at radius 1 is 0.958 bits per heavy atom. The highest BCUT2D eigenvalue weighted by Gasteiger charge is 2.22. The summed E-state index contributed by atoms with van der Waals surface area (Å²) in [4.78, 5) is 15.2. The third-order valence-electron chi connectivity index (χ3n) is 4.36. The molecular weight excluding hydrogens is 300 g/mol. The van der Waals surface area contributed by atoms with Gasteiger partial charge in [-0.05, 0) is 11.1 Å². The number of carbonyl (C=O) groups is 1. The van der Waals surface area contributed by atoms with Crippen LogP contribution >= 0.6 is 0 Å². The van der Waals surface area contributed by atoms with E-state index in [-0.39, 0.29) is 11.8 Å². The number of rotatable bonds is 6. The summed E-state index contributed by atoms with van der Waals surface area (Å²) in [6, 6.07) is 19.9. The molecule has 1 aliphatic heterocycles. The molecule has 0 aromatic heterocycles. The van der Waals surface area contributed by atoms with Crippen LogP contribution in [-0.4, -0.2) is 50.2 Å². The molecule has 4 heteroatoms. The zero-order valence-electron chi connectivity index (χ0n) is 13.9. The van der Waals surface area contributed by atoms with E-state index in [1.807, 2.05) is 60.7 Å². The van der Waals surface area contributed by atoms with Gasteiger partial charge in [-0.25, -0.2) is 0 Å². The van der Waals surface area contributed by atoms with Crippen molar-refractivity contribution in [2.45, 2.75) is 5.92 Å².